The van der Waals surface area contributed by atoms with Crippen LogP contribution in [0.4, 0.5) is 0 Å². The monoisotopic (exact) mass is 385 g/mol. The lowest BCUT2D eigenvalue weighted by atomic mass is 10.1. The zero-order valence-corrected chi connectivity index (χ0v) is 14.8. The summed E-state index contributed by atoms with van der Waals surface area (Å²) in [5.41, 5.74) is 7.41. The number of rotatable bonds is 6. The van der Waals surface area contributed by atoms with Crippen LogP contribution >= 0.6 is 39.3 Å². The molecule has 0 amide bonds. The van der Waals surface area contributed by atoms with E-state index in [0.29, 0.717) is 0 Å². The van der Waals surface area contributed by atoms with Crippen LogP contribution in [0.25, 0.3) is 0 Å². The van der Waals surface area contributed by atoms with Gasteiger partial charge >= 0.3 is 0 Å². The van der Waals surface area contributed by atoms with Crippen molar-refractivity contribution in [2.45, 2.75) is 17.4 Å². The van der Waals surface area contributed by atoms with Crippen LogP contribution in [0.15, 0.2) is 51.8 Å². The van der Waals surface area contributed by atoms with Gasteiger partial charge in [-0.05, 0) is 58.2 Å². The second-order valence-electron chi connectivity index (χ2n) is 4.70. The van der Waals surface area contributed by atoms with Gasteiger partial charge in [0.05, 0.1) is 11.6 Å². The molecule has 0 bridgehead atoms. The first-order valence-electron chi connectivity index (χ1n) is 6.55. The fourth-order valence-electron chi connectivity index (χ4n) is 1.96. The van der Waals surface area contributed by atoms with Crippen molar-refractivity contribution in [1.82, 2.24) is 0 Å². The molecule has 21 heavy (non-hydrogen) atoms. The topological polar surface area (TPSA) is 35.2 Å². The van der Waals surface area contributed by atoms with Gasteiger partial charge in [0.25, 0.3) is 0 Å². The van der Waals surface area contributed by atoms with Gasteiger partial charge < -0.3 is 10.5 Å². The Kier molecular flexibility index (Phi) is 6.42. The second kappa shape index (κ2) is 8.08. The van der Waals surface area contributed by atoms with Crippen LogP contribution in [-0.4, -0.2) is 18.9 Å². The van der Waals surface area contributed by atoms with Crippen molar-refractivity contribution in [2.24, 2.45) is 5.73 Å². The molecule has 0 heterocycles. The molecule has 2 aromatic rings. The number of methoxy groups -OCH3 is 1. The molecule has 0 radical (unpaired) electrons. The van der Waals surface area contributed by atoms with E-state index < -0.39 is 0 Å². The van der Waals surface area contributed by atoms with Crippen LogP contribution in [0.3, 0.4) is 0 Å². The van der Waals surface area contributed by atoms with Crippen LogP contribution in [0, 0.1) is 0 Å². The largest absolute Gasteiger partial charge is 0.496 e. The molecule has 2 rings (SSSR count). The van der Waals surface area contributed by atoms with E-state index in [1.807, 2.05) is 36.4 Å². The normalized spacial score (nSPS) is 12.2. The lowest BCUT2D eigenvalue weighted by Crippen LogP contribution is -2.25. The third-order valence-corrected chi connectivity index (χ3v) is 5.01. The van der Waals surface area contributed by atoms with Crippen molar-refractivity contribution in [1.29, 1.82) is 0 Å². The number of hydrogen-bond acceptors (Lipinski definition) is 3. The molecule has 0 aromatic heterocycles. The predicted octanol–water partition coefficient (Wildman–Crippen LogP) is 4.77. The van der Waals surface area contributed by atoms with Crippen LogP contribution in [-0.2, 0) is 6.42 Å². The van der Waals surface area contributed by atoms with Gasteiger partial charge in [-0.1, -0.05) is 23.7 Å². The van der Waals surface area contributed by atoms with E-state index in [4.69, 9.17) is 22.1 Å². The van der Waals surface area contributed by atoms with E-state index in [0.717, 1.165) is 32.3 Å². The van der Waals surface area contributed by atoms with Gasteiger partial charge in [-0.15, -0.1) is 11.8 Å². The summed E-state index contributed by atoms with van der Waals surface area (Å²) in [4.78, 5) is 1.15. The van der Waals surface area contributed by atoms with Crippen LogP contribution in [0.5, 0.6) is 5.75 Å². The molecule has 0 spiro atoms. The van der Waals surface area contributed by atoms with Crippen molar-refractivity contribution in [3.8, 4) is 5.75 Å². The van der Waals surface area contributed by atoms with Crippen molar-refractivity contribution < 1.29 is 4.74 Å². The Balaban J connectivity index is 1.89. The van der Waals surface area contributed by atoms with Crippen molar-refractivity contribution >= 4 is 39.3 Å². The maximum absolute atomic E-state index is 6.21. The van der Waals surface area contributed by atoms with Gasteiger partial charge in [0.1, 0.15) is 5.75 Å². The van der Waals surface area contributed by atoms with Crippen LogP contribution in [0.1, 0.15) is 5.56 Å². The van der Waals surface area contributed by atoms with Crippen molar-refractivity contribution in [2.75, 3.05) is 12.9 Å². The van der Waals surface area contributed by atoms with Crippen molar-refractivity contribution in [3.63, 3.8) is 0 Å². The molecule has 0 saturated heterocycles. The Bertz CT molecular complexity index is 609. The molecule has 0 fully saturated rings. The molecule has 0 aliphatic heterocycles. The van der Waals surface area contributed by atoms with E-state index in [1.54, 1.807) is 18.9 Å². The zero-order valence-electron chi connectivity index (χ0n) is 11.7. The molecule has 2 N–H and O–H groups in total. The summed E-state index contributed by atoms with van der Waals surface area (Å²) in [6.45, 7) is 0. The highest BCUT2D eigenvalue weighted by atomic mass is 79.9. The SMILES string of the molecule is COc1ccc(CC(N)CSc2cccc(Cl)c2)cc1Br. The van der Waals surface area contributed by atoms with Gasteiger partial charge in [-0.25, -0.2) is 0 Å². The lowest BCUT2D eigenvalue weighted by Gasteiger charge is -2.12. The Labute approximate surface area is 143 Å². The number of benzene rings is 2. The average molecular weight is 387 g/mol. The quantitative estimate of drug-likeness (QED) is 0.726. The summed E-state index contributed by atoms with van der Waals surface area (Å²) in [6, 6.07) is 14.0. The Morgan fingerprint density at radius 3 is 2.76 bits per heavy atom. The molecule has 112 valence electrons. The van der Waals surface area contributed by atoms with E-state index in [9.17, 15) is 0 Å². The van der Waals surface area contributed by atoms with Gasteiger partial charge in [0, 0.05) is 21.7 Å². The second-order valence-corrected chi connectivity index (χ2v) is 7.09. The Morgan fingerprint density at radius 2 is 2.10 bits per heavy atom. The third-order valence-electron chi connectivity index (χ3n) is 2.97. The van der Waals surface area contributed by atoms with E-state index >= 15 is 0 Å². The van der Waals surface area contributed by atoms with E-state index in [1.165, 1.54) is 5.56 Å². The van der Waals surface area contributed by atoms with Gasteiger partial charge in [0.15, 0.2) is 0 Å². The predicted molar refractivity (Wildman–Crippen MR) is 94.5 cm³/mol. The summed E-state index contributed by atoms with van der Waals surface area (Å²) in [5, 5.41) is 0.757. The molecular weight excluding hydrogens is 370 g/mol. The molecule has 0 aliphatic rings. The maximum atomic E-state index is 6.21. The molecule has 5 heteroatoms. The standard InChI is InChI=1S/C16H17BrClNOS/c1-20-16-6-5-11(8-15(16)17)7-13(19)10-21-14-4-2-3-12(18)9-14/h2-6,8-9,13H,7,10,19H2,1H3. The summed E-state index contributed by atoms with van der Waals surface area (Å²) < 4.78 is 6.18. The zero-order chi connectivity index (χ0) is 15.2. The summed E-state index contributed by atoms with van der Waals surface area (Å²) >= 11 is 11.2. The molecule has 0 saturated carbocycles. The van der Waals surface area contributed by atoms with Gasteiger partial charge in [-0.2, -0.15) is 0 Å². The van der Waals surface area contributed by atoms with E-state index in [-0.39, 0.29) is 6.04 Å². The molecular formula is C16H17BrClNOS. The first kappa shape index (κ1) is 16.7. The first-order chi connectivity index (χ1) is 10.1. The van der Waals surface area contributed by atoms with Crippen LogP contribution < -0.4 is 10.5 Å². The minimum atomic E-state index is 0.0919. The van der Waals surface area contributed by atoms with Crippen molar-refractivity contribution in [3.05, 3.63) is 57.5 Å². The first-order valence-corrected chi connectivity index (χ1v) is 8.70. The highest BCUT2D eigenvalue weighted by molar-refractivity contribution is 9.10. The van der Waals surface area contributed by atoms with Gasteiger partial charge in [-0.3, -0.25) is 0 Å². The number of halogens is 2. The Morgan fingerprint density at radius 1 is 1.29 bits per heavy atom. The number of nitrogens with two attached hydrogens (primary N) is 1. The minimum absolute atomic E-state index is 0.0919. The molecule has 2 nitrogen and oxygen atoms in total. The summed E-state index contributed by atoms with van der Waals surface area (Å²) in [6.07, 6.45) is 0.830. The fourth-order valence-corrected chi connectivity index (χ4v) is 3.71. The van der Waals surface area contributed by atoms with E-state index in [2.05, 4.69) is 22.0 Å². The molecule has 1 unspecified atom stereocenters. The highest BCUT2D eigenvalue weighted by Gasteiger charge is 2.08. The molecule has 2 aromatic carbocycles. The average Bonchev–Trinajstić information content (AvgIpc) is 2.45. The molecule has 1 atom stereocenters. The summed E-state index contributed by atoms with van der Waals surface area (Å²) in [7, 11) is 1.66. The van der Waals surface area contributed by atoms with Gasteiger partial charge in [0.2, 0.25) is 0 Å². The smallest absolute Gasteiger partial charge is 0.133 e. The fraction of sp³-hybridized carbons (Fsp3) is 0.250. The molecule has 0 aliphatic carbocycles. The minimum Gasteiger partial charge on any atom is -0.496 e. The number of hydrogen-bond donors (Lipinski definition) is 1. The highest BCUT2D eigenvalue weighted by Crippen LogP contribution is 2.27. The summed E-state index contributed by atoms with van der Waals surface area (Å²) in [5.74, 6) is 1.69. The lowest BCUT2D eigenvalue weighted by molar-refractivity contribution is 0.412. The maximum Gasteiger partial charge on any atom is 0.133 e. The third kappa shape index (κ3) is 5.22. The van der Waals surface area contributed by atoms with Crippen LogP contribution in [0.2, 0.25) is 5.02 Å². The Hall–Kier alpha value is -0.680. The number of thioether (sulfide) groups is 1. The number of ether oxygens (including phenoxy) is 1.